The normalized spacial score (nSPS) is 10.6. The number of nitrogens with one attached hydrogen (secondary N) is 2. The summed E-state index contributed by atoms with van der Waals surface area (Å²) in [6.07, 6.45) is 0. The minimum Gasteiger partial charge on any atom is -0.493 e. The van der Waals surface area contributed by atoms with E-state index in [4.69, 9.17) is 37.8 Å². The van der Waals surface area contributed by atoms with Crippen molar-refractivity contribution in [1.29, 1.82) is 5.41 Å². The highest BCUT2D eigenvalue weighted by atomic mass is 35.5. The molecule has 0 aliphatic carbocycles. The van der Waals surface area contributed by atoms with Crippen LogP contribution in [0, 0.1) is 5.41 Å². The lowest BCUT2D eigenvalue weighted by Crippen LogP contribution is -2.21. The number of halogens is 2. The number of methoxy groups -OCH3 is 1. The molecular formula is C17H12Cl2N2O3. The molecule has 2 N–H and O–H groups in total. The maximum Gasteiger partial charge on any atom is 0.261 e. The average Bonchev–Trinajstić information content (AvgIpc) is 2.57. The van der Waals surface area contributed by atoms with Crippen LogP contribution in [0.1, 0.15) is 10.4 Å². The molecule has 0 aliphatic heterocycles. The van der Waals surface area contributed by atoms with E-state index in [1.807, 2.05) is 0 Å². The molecule has 0 unspecified atom stereocenters. The molecular weight excluding hydrogens is 351 g/mol. The Hall–Kier alpha value is -2.50. The van der Waals surface area contributed by atoms with Gasteiger partial charge in [0.2, 0.25) is 5.55 Å². The number of fused-ring (bicyclic) bond motifs is 1. The van der Waals surface area contributed by atoms with Crippen LogP contribution >= 0.6 is 23.2 Å². The summed E-state index contributed by atoms with van der Waals surface area (Å²) >= 11 is 12.0. The molecule has 0 saturated carbocycles. The monoisotopic (exact) mass is 362 g/mol. The fraction of sp³-hybridized carbons (Fsp3) is 0.0588. The second kappa shape index (κ2) is 6.55. The molecule has 2 aromatic carbocycles. The first kappa shape index (κ1) is 16.4. The van der Waals surface area contributed by atoms with Gasteiger partial charge >= 0.3 is 0 Å². The fourth-order valence-electron chi connectivity index (χ4n) is 2.25. The van der Waals surface area contributed by atoms with Crippen LogP contribution in [0.15, 0.2) is 46.9 Å². The van der Waals surface area contributed by atoms with Gasteiger partial charge in [0.15, 0.2) is 11.3 Å². The van der Waals surface area contributed by atoms with E-state index >= 15 is 0 Å². The second-order valence-electron chi connectivity index (χ2n) is 4.92. The number of ether oxygens (including phenoxy) is 1. The van der Waals surface area contributed by atoms with Gasteiger partial charge in [-0.05, 0) is 24.3 Å². The van der Waals surface area contributed by atoms with Crippen LogP contribution < -0.4 is 15.6 Å². The van der Waals surface area contributed by atoms with Crippen LogP contribution in [0.4, 0.5) is 5.69 Å². The van der Waals surface area contributed by atoms with Crippen molar-refractivity contribution in [2.24, 2.45) is 0 Å². The lowest BCUT2D eigenvalue weighted by Gasteiger charge is -2.09. The van der Waals surface area contributed by atoms with E-state index in [1.54, 1.807) is 42.5 Å². The summed E-state index contributed by atoms with van der Waals surface area (Å²) in [5.74, 6) is -0.0246. The van der Waals surface area contributed by atoms with Gasteiger partial charge < -0.3 is 14.5 Å². The van der Waals surface area contributed by atoms with Gasteiger partial charge in [0.05, 0.1) is 22.8 Å². The highest BCUT2D eigenvalue weighted by Crippen LogP contribution is 2.30. The van der Waals surface area contributed by atoms with Crippen LogP contribution in [0.5, 0.6) is 5.75 Å². The molecule has 0 aliphatic rings. The largest absolute Gasteiger partial charge is 0.493 e. The van der Waals surface area contributed by atoms with E-state index in [-0.39, 0.29) is 16.1 Å². The Kier molecular flexibility index (Phi) is 4.46. The Morgan fingerprint density at radius 1 is 1.21 bits per heavy atom. The molecule has 0 radical (unpaired) electrons. The Bertz CT molecular complexity index is 999. The number of anilines is 1. The van der Waals surface area contributed by atoms with Gasteiger partial charge in [0, 0.05) is 5.39 Å². The van der Waals surface area contributed by atoms with Gasteiger partial charge in [-0.25, -0.2) is 0 Å². The van der Waals surface area contributed by atoms with Gasteiger partial charge in [-0.2, -0.15) is 0 Å². The second-order valence-corrected chi connectivity index (χ2v) is 5.71. The van der Waals surface area contributed by atoms with E-state index < -0.39 is 5.91 Å². The van der Waals surface area contributed by atoms with Crippen LogP contribution in [0.2, 0.25) is 10.0 Å². The summed E-state index contributed by atoms with van der Waals surface area (Å²) < 4.78 is 10.6. The van der Waals surface area contributed by atoms with Crippen LogP contribution in [-0.4, -0.2) is 13.0 Å². The minimum atomic E-state index is -0.516. The van der Waals surface area contributed by atoms with Crippen LogP contribution in [0.3, 0.4) is 0 Å². The van der Waals surface area contributed by atoms with Crippen molar-refractivity contribution in [1.82, 2.24) is 0 Å². The predicted molar refractivity (Wildman–Crippen MR) is 93.0 cm³/mol. The highest BCUT2D eigenvalue weighted by molar-refractivity contribution is 6.44. The molecule has 0 bridgehead atoms. The van der Waals surface area contributed by atoms with Crippen molar-refractivity contribution in [2.45, 2.75) is 0 Å². The molecule has 0 fully saturated rings. The molecule has 7 heteroatoms. The number of carbonyl (C=O) groups excluding carboxylic acids is 1. The number of carbonyl (C=O) groups is 1. The van der Waals surface area contributed by atoms with Crippen LogP contribution in [0.25, 0.3) is 11.0 Å². The third-order valence-electron chi connectivity index (χ3n) is 3.42. The number of rotatable bonds is 3. The van der Waals surface area contributed by atoms with E-state index in [1.165, 1.54) is 7.11 Å². The molecule has 1 aromatic heterocycles. The summed E-state index contributed by atoms with van der Waals surface area (Å²) in [4.78, 5) is 12.5. The Morgan fingerprint density at radius 3 is 2.71 bits per heavy atom. The number of benzene rings is 2. The van der Waals surface area contributed by atoms with Crippen molar-refractivity contribution in [3.63, 3.8) is 0 Å². The van der Waals surface area contributed by atoms with Crippen molar-refractivity contribution in [2.75, 3.05) is 12.4 Å². The third-order valence-corrected chi connectivity index (χ3v) is 4.24. The average molecular weight is 363 g/mol. The third kappa shape index (κ3) is 2.96. The lowest BCUT2D eigenvalue weighted by molar-refractivity contribution is 0.102. The van der Waals surface area contributed by atoms with Gasteiger partial charge in [-0.1, -0.05) is 41.4 Å². The topological polar surface area (TPSA) is 75.3 Å². The Balaban J connectivity index is 2.03. The fourth-order valence-corrected chi connectivity index (χ4v) is 2.60. The van der Waals surface area contributed by atoms with Crippen molar-refractivity contribution in [3.8, 4) is 5.75 Å². The predicted octanol–water partition coefficient (Wildman–Crippen LogP) is 4.48. The van der Waals surface area contributed by atoms with E-state index in [2.05, 4.69) is 5.32 Å². The zero-order valence-electron chi connectivity index (χ0n) is 12.5. The first-order valence-electron chi connectivity index (χ1n) is 6.92. The maximum atomic E-state index is 12.5. The number of hydrogen-bond acceptors (Lipinski definition) is 4. The molecule has 3 aromatic rings. The van der Waals surface area contributed by atoms with Crippen molar-refractivity contribution in [3.05, 3.63) is 63.6 Å². The molecule has 24 heavy (non-hydrogen) atoms. The van der Waals surface area contributed by atoms with E-state index in [0.717, 1.165) is 0 Å². The molecule has 0 atom stereocenters. The summed E-state index contributed by atoms with van der Waals surface area (Å²) in [6, 6.07) is 11.7. The molecule has 0 spiro atoms. The van der Waals surface area contributed by atoms with Crippen molar-refractivity contribution >= 4 is 45.8 Å². The molecule has 1 heterocycles. The van der Waals surface area contributed by atoms with Crippen molar-refractivity contribution < 1.29 is 13.9 Å². The maximum absolute atomic E-state index is 12.5. The molecule has 0 saturated heterocycles. The molecule has 5 nitrogen and oxygen atoms in total. The first-order valence-corrected chi connectivity index (χ1v) is 7.67. The van der Waals surface area contributed by atoms with Gasteiger partial charge in [-0.3, -0.25) is 10.2 Å². The summed E-state index contributed by atoms with van der Waals surface area (Å²) in [5.41, 5.74) is 0.566. The minimum absolute atomic E-state index is 0.0757. The number of para-hydroxylation sites is 1. The van der Waals surface area contributed by atoms with Crippen LogP contribution in [-0.2, 0) is 0 Å². The standard InChI is InChI=1S/C17H12Cl2N2O3/c1-23-13-7-2-4-9-8-10(16(20)24-15(9)13)17(22)21-12-6-3-5-11(18)14(12)19/h2-8,20H,1H3,(H,21,22). The first-order chi connectivity index (χ1) is 11.5. The number of amides is 1. The zero-order chi connectivity index (χ0) is 17.3. The summed E-state index contributed by atoms with van der Waals surface area (Å²) in [5, 5.41) is 11.8. The van der Waals surface area contributed by atoms with Gasteiger partial charge in [0.25, 0.3) is 5.91 Å². The molecule has 1 amide bonds. The summed E-state index contributed by atoms with van der Waals surface area (Å²) in [7, 11) is 1.51. The quantitative estimate of drug-likeness (QED) is 0.721. The SMILES string of the molecule is COc1cccc2cc(C(=O)Nc3cccc(Cl)c3Cl)c(=N)oc12. The van der Waals surface area contributed by atoms with E-state index in [0.29, 0.717) is 27.4 Å². The molecule has 122 valence electrons. The smallest absolute Gasteiger partial charge is 0.261 e. The van der Waals surface area contributed by atoms with Gasteiger partial charge in [-0.15, -0.1) is 0 Å². The summed E-state index contributed by atoms with van der Waals surface area (Å²) in [6.45, 7) is 0. The highest BCUT2D eigenvalue weighted by Gasteiger charge is 2.15. The Morgan fingerprint density at radius 2 is 1.96 bits per heavy atom. The molecule has 3 rings (SSSR count). The van der Waals surface area contributed by atoms with E-state index in [9.17, 15) is 4.79 Å². The lowest BCUT2D eigenvalue weighted by atomic mass is 10.1. The number of hydrogen-bond donors (Lipinski definition) is 2. The zero-order valence-corrected chi connectivity index (χ0v) is 14.0. The van der Waals surface area contributed by atoms with Gasteiger partial charge in [0.1, 0.15) is 5.56 Å². The Labute approximate surface area is 147 Å².